The van der Waals surface area contributed by atoms with Crippen LogP contribution in [0.25, 0.3) is 0 Å². The van der Waals surface area contributed by atoms with Crippen LogP contribution >= 0.6 is 0 Å². The van der Waals surface area contributed by atoms with Gasteiger partial charge in [0.15, 0.2) is 5.84 Å². The molecule has 0 amide bonds. The first-order valence-electron chi connectivity index (χ1n) is 3.60. The third-order valence-electron chi connectivity index (χ3n) is 1.63. The van der Waals surface area contributed by atoms with Crippen molar-refractivity contribution in [3.05, 3.63) is 0 Å². The van der Waals surface area contributed by atoms with Gasteiger partial charge in [0.25, 0.3) is 0 Å². The van der Waals surface area contributed by atoms with E-state index in [0.29, 0.717) is 12.6 Å². The molecule has 5 heteroatoms. The molecule has 1 aliphatic heterocycles. The van der Waals surface area contributed by atoms with Crippen molar-refractivity contribution in [2.45, 2.75) is 12.5 Å². The van der Waals surface area contributed by atoms with Gasteiger partial charge in [0.05, 0.1) is 13.2 Å². The lowest BCUT2D eigenvalue weighted by atomic mass is 10.2. The van der Waals surface area contributed by atoms with Crippen LogP contribution < -0.4 is 11.1 Å². The van der Waals surface area contributed by atoms with Crippen LogP contribution in [-0.2, 0) is 4.74 Å². The summed E-state index contributed by atoms with van der Waals surface area (Å²) in [6, 6.07) is 0.357. The average Bonchev–Trinajstić information content (AvgIpc) is 2.52. The Morgan fingerprint density at radius 1 is 1.82 bits per heavy atom. The van der Waals surface area contributed by atoms with Gasteiger partial charge in [0, 0.05) is 12.6 Å². The van der Waals surface area contributed by atoms with Crippen LogP contribution in [0.1, 0.15) is 6.42 Å². The molecule has 64 valence electrons. The van der Waals surface area contributed by atoms with Crippen molar-refractivity contribution in [1.82, 2.24) is 5.32 Å². The van der Waals surface area contributed by atoms with E-state index >= 15 is 0 Å². The van der Waals surface area contributed by atoms with Crippen LogP contribution in [0.2, 0.25) is 0 Å². The van der Waals surface area contributed by atoms with Crippen molar-refractivity contribution in [2.75, 3.05) is 19.8 Å². The molecule has 0 aromatic rings. The van der Waals surface area contributed by atoms with Crippen molar-refractivity contribution in [3.63, 3.8) is 0 Å². The number of hydrogen-bond acceptors (Lipinski definition) is 4. The highest BCUT2D eigenvalue weighted by atomic mass is 16.5. The molecule has 1 saturated heterocycles. The predicted molar refractivity (Wildman–Crippen MR) is 40.6 cm³/mol. The Balaban J connectivity index is 2.11. The Morgan fingerprint density at radius 3 is 3.18 bits per heavy atom. The van der Waals surface area contributed by atoms with Crippen molar-refractivity contribution < 1.29 is 9.94 Å². The maximum absolute atomic E-state index is 8.20. The normalized spacial score (nSPS) is 25.8. The van der Waals surface area contributed by atoms with Crippen molar-refractivity contribution >= 4 is 5.84 Å². The van der Waals surface area contributed by atoms with Gasteiger partial charge in [-0.05, 0) is 6.42 Å². The molecule has 11 heavy (non-hydrogen) atoms. The Bertz CT molecular complexity index is 143. The molecule has 1 aliphatic rings. The van der Waals surface area contributed by atoms with E-state index in [1.165, 1.54) is 0 Å². The maximum Gasteiger partial charge on any atom is 0.153 e. The molecular formula is C6H13N3O2. The number of nitrogens with one attached hydrogen (secondary N) is 1. The molecule has 0 aromatic carbocycles. The van der Waals surface area contributed by atoms with Crippen LogP contribution in [0.4, 0.5) is 0 Å². The van der Waals surface area contributed by atoms with Crippen molar-refractivity contribution in [3.8, 4) is 0 Å². The minimum absolute atomic E-state index is 0.205. The van der Waals surface area contributed by atoms with Crippen LogP contribution in [0.5, 0.6) is 0 Å². The van der Waals surface area contributed by atoms with Crippen LogP contribution in [0.3, 0.4) is 0 Å². The molecule has 1 atom stereocenters. The third-order valence-corrected chi connectivity index (χ3v) is 1.63. The summed E-state index contributed by atoms with van der Waals surface area (Å²) in [5.41, 5.74) is 5.25. The molecule has 0 aromatic heterocycles. The van der Waals surface area contributed by atoms with Gasteiger partial charge in [-0.25, -0.2) is 0 Å². The lowest BCUT2D eigenvalue weighted by Gasteiger charge is -2.08. The fraction of sp³-hybridized carbons (Fsp3) is 0.833. The van der Waals surface area contributed by atoms with Crippen LogP contribution in [-0.4, -0.2) is 36.8 Å². The number of nitrogens with two attached hydrogens (primary N) is 1. The highest BCUT2D eigenvalue weighted by molar-refractivity contribution is 5.81. The molecule has 4 N–H and O–H groups in total. The number of amidine groups is 1. The number of rotatable bonds is 3. The van der Waals surface area contributed by atoms with E-state index in [9.17, 15) is 0 Å². The molecule has 0 saturated carbocycles. The lowest BCUT2D eigenvalue weighted by Crippen LogP contribution is -2.36. The zero-order valence-corrected chi connectivity index (χ0v) is 6.29. The topological polar surface area (TPSA) is 79.9 Å². The minimum atomic E-state index is 0.205. The maximum atomic E-state index is 8.20. The fourth-order valence-electron chi connectivity index (χ4n) is 0.980. The second-order valence-corrected chi connectivity index (χ2v) is 2.53. The van der Waals surface area contributed by atoms with Gasteiger partial charge in [-0.2, -0.15) is 0 Å². The van der Waals surface area contributed by atoms with E-state index in [1.54, 1.807) is 0 Å². The molecule has 0 spiro atoms. The summed E-state index contributed by atoms with van der Waals surface area (Å²) in [6.07, 6.45) is 0.999. The number of oxime groups is 1. The molecule has 0 bridgehead atoms. The molecular weight excluding hydrogens is 146 g/mol. The summed E-state index contributed by atoms with van der Waals surface area (Å²) in [6.45, 7) is 1.94. The summed E-state index contributed by atoms with van der Waals surface area (Å²) >= 11 is 0. The summed E-state index contributed by atoms with van der Waals surface area (Å²) in [5.74, 6) is 0.205. The number of hydrogen-bond donors (Lipinski definition) is 3. The summed E-state index contributed by atoms with van der Waals surface area (Å²) in [4.78, 5) is 0. The van der Waals surface area contributed by atoms with Crippen molar-refractivity contribution in [1.29, 1.82) is 0 Å². The van der Waals surface area contributed by atoms with E-state index in [1.807, 2.05) is 0 Å². The van der Waals surface area contributed by atoms with Crippen molar-refractivity contribution in [2.24, 2.45) is 10.9 Å². The molecule has 1 fully saturated rings. The first-order valence-corrected chi connectivity index (χ1v) is 3.60. The quantitative estimate of drug-likeness (QED) is 0.216. The smallest absolute Gasteiger partial charge is 0.153 e. The third kappa shape index (κ3) is 2.73. The molecule has 5 nitrogen and oxygen atoms in total. The summed E-state index contributed by atoms with van der Waals surface area (Å²) < 4.78 is 5.12. The lowest BCUT2D eigenvalue weighted by molar-refractivity contribution is 0.190. The van der Waals surface area contributed by atoms with Gasteiger partial charge in [-0.3, -0.25) is 0 Å². The highest BCUT2D eigenvalue weighted by Gasteiger charge is 2.14. The number of ether oxygens (including phenoxy) is 1. The summed E-state index contributed by atoms with van der Waals surface area (Å²) in [5, 5.41) is 14.1. The summed E-state index contributed by atoms with van der Waals surface area (Å²) in [7, 11) is 0. The number of nitrogens with zero attached hydrogens (tertiary/aromatic N) is 1. The van der Waals surface area contributed by atoms with Gasteiger partial charge in [-0.1, -0.05) is 5.16 Å². The van der Waals surface area contributed by atoms with Crippen LogP contribution in [0, 0.1) is 0 Å². The monoisotopic (exact) mass is 159 g/mol. The zero-order chi connectivity index (χ0) is 8.10. The van der Waals surface area contributed by atoms with E-state index in [2.05, 4.69) is 10.5 Å². The van der Waals surface area contributed by atoms with Gasteiger partial charge < -0.3 is 21.0 Å². The first-order chi connectivity index (χ1) is 5.33. The van der Waals surface area contributed by atoms with Gasteiger partial charge in [0.1, 0.15) is 0 Å². The second kappa shape index (κ2) is 4.15. The van der Waals surface area contributed by atoms with E-state index in [4.69, 9.17) is 15.7 Å². The Morgan fingerprint density at radius 2 is 2.64 bits per heavy atom. The molecule has 1 unspecified atom stereocenters. The SMILES string of the molecule is N/C(CNC1CCOC1)=N\O. The molecule has 1 heterocycles. The van der Waals surface area contributed by atoms with E-state index in [-0.39, 0.29) is 5.84 Å². The van der Waals surface area contributed by atoms with Crippen LogP contribution in [0.15, 0.2) is 5.16 Å². The molecule has 0 radical (unpaired) electrons. The predicted octanol–water partition coefficient (Wildman–Crippen LogP) is -0.889. The first kappa shape index (κ1) is 8.29. The Hall–Kier alpha value is -0.810. The molecule has 1 rings (SSSR count). The second-order valence-electron chi connectivity index (χ2n) is 2.53. The van der Waals surface area contributed by atoms with E-state index in [0.717, 1.165) is 19.6 Å². The fourth-order valence-corrected chi connectivity index (χ4v) is 0.980. The standard InChI is InChI=1S/C6H13N3O2/c7-6(9-10)3-8-5-1-2-11-4-5/h5,8,10H,1-4H2,(H2,7,9). The largest absolute Gasteiger partial charge is 0.409 e. The average molecular weight is 159 g/mol. The van der Waals surface area contributed by atoms with Gasteiger partial charge >= 0.3 is 0 Å². The Labute approximate surface area is 65.2 Å². The van der Waals surface area contributed by atoms with E-state index < -0.39 is 0 Å². The minimum Gasteiger partial charge on any atom is -0.409 e. The van der Waals surface area contributed by atoms with Gasteiger partial charge in [-0.15, -0.1) is 0 Å². The highest BCUT2D eigenvalue weighted by Crippen LogP contribution is 2.01. The zero-order valence-electron chi connectivity index (χ0n) is 6.29. The Kier molecular flexibility index (Phi) is 3.13. The molecule has 0 aliphatic carbocycles. The van der Waals surface area contributed by atoms with Gasteiger partial charge in [0.2, 0.25) is 0 Å².